The van der Waals surface area contributed by atoms with Crippen molar-refractivity contribution in [3.63, 3.8) is 0 Å². The van der Waals surface area contributed by atoms with E-state index in [4.69, 9.17) is 0 Å². The van der Waals surface area contributed by atoms with E-state index in [2.05, 4.69) is 25.7 Å². The molecule has 9 heteroatoms. The minimum absolute atomic E-state index is 0.0338. The molecule has 1 saturated carbocycles. The highest BCUT2D eigenvalue weighted by Gasteiger charge is 2.28. The predicted octanol–water partition coefficient (Wildman–Crippen LogP) is 3.98. The fraction of sp³-hybridized carbons (Fsp3) is 0.409. The Balaban J connectivity index is 1.29. The van der Waals surface area contributed by atoms with Gasteiger partial charge in [0.1, 0.15) is 15.9 Å². The molecule has 2 N–H and O–H groups in total. The summed E-state index contributed by atoms with van der Waals surface area (Å²) in [7, 11) is -3.66. The molecule has 1 amide bonds. The first-order valence-electron chi connectivity index (χ1n) is 10.6. The zero-order valence-corrected chi connectivity index (χ0v) is 19.0. The number of fused-ring (bicyclic) bond motifs is 1. The molecule has 0 radical (unpaired) electrons. The number of rotatable bonds is 7. The van der Waals surface area contributed by atoms with E-state index in [9.17, 15) is 13.2 Å². The van der Waals surface area contributed by atoms with E-state index in [0.717, 1.165) is 49.5 Å². The number of carbonyl (C=O) groups excluding carboxylic acids is 1. The van der Waals surface area contributed by atoms with Crippen LogP contribution in [-0.4, -0.2) is 29.6 Å². The first kappa shape index (κ1) is 21.9. The number of nitrogens with one attached hydrogen (secondary N) is 2. The molecule has 0 saturated heterocycles. The Bertz CT molecular complexity index is 1150. The van der Waals surface area contributed by atoms with Crippen molar-refractivity contribution in [1.82, 2.24) is 13.5 Å². The molecule has 2 aromatic carbocycles. The summed E-state index contributed by atoms with van der Waals surface area (Å²) in [5.74, 6) is 0.231. The van der Waals surface area contributed by atoms with Gasteiger partial charge in [-0.15, -0.1) is 0 Å². The van der Waals surface area contributed by atoms with Gasteiger partial charge in [-0.1, -0.05) is 25.1 Å². The van der Waals surface area contributed by atoms with Gasteiger partial charge in [0.05, 0.1) is 11.7 Å². The van der Waals surface area contributed by atoms with Crippen molar-refractivity contribution in [3.8, 4) is 0 Å². The topological polar surface area (TPSA) is 101 Å². The number of aryl methyl sites for hydroxylation is 1. The molecule has 0 aliphatic heterocycles. The fourth-order valence-electron chi connectivity index (χ4n) is 4.00. The third-order valence-corrected chi connectivity index (χ3v) is 7.95. The highest BCUT2D eigenvalue weighted by molar-refractivity contribution is 7.89. The summed E-state index contributed by atoms with van der Waals surface area (Å²) in [4.78, 5) is 12.8. The summed E-state index contributed by atoms with van der Waals surface area (Å²) in [6.07, 6.45) is 4.13. The van der Waals surface area contributed by atoms with Gasteiger partial charge in [0.2, 0.25) is 15.9 Å². The lowest BCUT2D eigenvalue weighted by Gasteiger charge is -2.28. The van der Waals surface area contributed by atoms with Gasteiger partial charge in [0, 0.05) is 18.2 Å². The van der Waals surface area contributed by atoms with E-state index >= 15 is 0 Å². The van der Waals surface area contributed by atoms with Crippen LogP contribution < -0.4 is 10.0 Å². The highest BCUT2D eigenvalue weighted by atomic mass is 32.2. The Morgan fingerprint density at radius 3 is 2.52 bits per heavy atom. The number of hydrogen-bond donors (Lipinski definition) is 2. The molecule has 1 aliphatic carbocycles. The van der Waals surface area contributed by atoms with Gasteiger partial charge >= 0.3 is 0 Å². The number of sulfonamides is 1. The number of hydrogen-bond acceptors (Lipinski definition) is 6. The van der Waals surface area contributed by atoms with Crippen LogP contribution in [0.1, 0.15) is 38.2 Å². The molecule has 7 nitrogen and oxygen atoms in total. The monoisotopic (exact) mass is 458 g/mol. The molecule has 0 unspecified atom stereocenters. The van der Waals surface area contributed by atoms with E-state index < -0.39 is 10.0 Å². The summed E-state index contributed by atoms with van der Waals surface area (Å²) >= 11 is 1.00. The molecular formula is C22H26N4O3S2. The molecule has 3 aromatic rings. The van der Waals surface area contributed by atoms with Crippen LogP contribution >= 0.6 is 11.7 Å². The van der Waals surface area contributed by atoms with Crippen LogP contribution in [0.2, 0.25) is 0 Å². The standard InChI is InChI=1S/C22H26N4O3S2/c1-2-15-8-12-18(13-9-15)24-22(27)17-10-6-16(7-11-17)14-23-31(28,29)20-5-3-4-19-21(20)26-30-25-19/h3-5,8-9,12-13,16-17,23H,2,6-7,10-11,14H2,1H3,(H,24,27). The van der Waals surface area contributed by atoms with Crippen LogP contribution in [0.25, 0.3) is 11.0 Å². The third kappa shape index (κ3) is 5.11. The van der Waals surface area contributed by atoms with Crippen molar-refractivity contribution in [1.29, 1.82) is 0 Å². The molecule has 4 rings (SSSR count). The van der Waals surface area contributed by atoms with Crippen LogP contribution in [0, 0.1) is 11.8 Å². The van der Waals surface area contributed by atoms with Crippen molar-refractivity contribution in [2.24, 2.45) is 11.8 Å². The van der Waals surface area contributed by atoms with Gasteiger partial charge < -0.3 is 5.32 Å². The molecule has 1 fully saturated rings. The van der Waals surface area contributed by atoms with Crippen LogP contribution in [0.5, 0.6) is 0 Å². The maximum Gasteiger partial charge on any atom is 0.242 e. The Labute approximate surface area is 186 Å². The number of amides is 1. The molecule has 0 spiro atoms. The first-order valence-corrected chi connectivity index (χ1v) is 12.8. The number of carbonyl (C=O) groups is 1. The summed E-state index contributed by atoms with van der Waals surface area (Å²) in [5.41, 5.74) is 3.06. The average molecular weight is 459 g/mol. The molecule has 0 atom stereocenters. The van der Waals surface area contributed by atoms with Crippen molar-refractivity contribution in [3.05, 3.63) is 48.0 Å². The predicted molar refractivity (Wildman–Crippen MR) is 123 cm³/mol. The van der Waals surface area contributed by atoms with Gasteiger partial charge in [-0.3, -0.25) is 4.79 Å². The number of nitrogens with zero attached hydrogens (tertiary/aromatic N) is 2. The van der Waals surface area contributed by atoms with Crippen molar-refractivity contribution in [2.45, 2.75) is 43.9 Å². The Kier molecular flexibility index (Phi) is 6.64. The minimum Gasteiger partial charge on any atom is -0.326 e. The quantitative estimate of drug-likeness (QED) is 0.558. The van der Waals surface area contributed by atoms with Crippen molar-refractivity contribution in [2.75, 3.05) is 11.9 Å². The Morgan fingerprint density at radius 2 is 1.81 bits per heavy atom. The van der Waals surface area contributed by atoms with E-state index in [0.29, 0.717) is 17.6 Å². The summed E-state index contributed by atoms with van der Waals surface area (Å²) < 4.78 is 36.5. The van der Waals surface area contributed by atoms with E-state index in [1.54, 1.807) is 18.2 Å². The van der Waals surface area contributed by atoms with Crippen LogP contribution in [-0.2, 0) is 21.2 Å². The number of aromatic nitrogens is 2. The maximum absolute atomic E-state index is 12.8. The minimum atomic E-state index is -3.66. The molecule has 1 aliphatic rings. The van der Waals surface area contributed by atoms with E-state index in [1.165, 1.54) is 5.56 Å². The lowest BCUT2D eigenvalue weighted by atomic mass is 9.81. The summed E-state index contributed by atoms with van der Waals surface area (Å²) in [6.45, 7) is 2.46. The zero-order chi connectivity index (χ0) is 21.8. The van der Waals surface area contributed by atoms with Gasteiger partial charge in [-0.05, 0) is 67.9 Å². The van der Waals surface area contributed by atoms with Gasteiger partial charge in [-0.25, -0.2) is 13.1 Å². The first-order chi connectivity index (χ1) is 15.0. The molecular weight excluding hydrogens is 432 g/mol. The fourth-order valence-corrected chi connectivity index (χ4v) is 5.88. The van der Waals surface area contributed by atoms with Crippen LogP contribution in [0.15, 0.2) is 47.4 Å². The van der Waals surface area contributed by atoms with Crippen LogP contribution in [0.3, 0.4) is 0 Å². The molecule has 1 aromatic heterocycles. The Morgan fingerprint density at radius 1 is 1.06 bits per heavy atom. The second-order valence-electron chi connectivity index (χ2n) is 8.00. The average Bonchev–Trinajstić information content (AvgIpc) is 3.27. The number of anilines is 1. The normalized spacial score (nSPS) is 19.4. The van der Waals surface area contributed by atoms with E-state index in [1.807, 2.05) is 24.3 Å². The third-order valence-electron chi connectivity index (χ3n) is 5.95. The second kappa shape index (κ2) is 9.42. The van der Waals surface area contributed by atoms with Crippen LogP contribution in [0.4, 0.5) is 5.69 Å². The van der Waals surface area contributed by atoms with Crippen molar-refractivity contribution >= 4 is 44.4 Å². The zero-order valence-electron chi connectivity index (χ0n) is 17.4. The molecule has 1 heterocycles. The highest BCUT2D eigenvalue weighted by Crippen LogP contribution is 2.30. The lowest BCUT2D eigenvalue weighted by Crippen LogP contribution is -2.33. The maximum atomic E-state index is 12.8. The second-order valence-corrected chi connectivity index (χ2v) is 10.3. The smallest absolute Gasteiger partial charge is 0.242 e. The molecule has 164 valence electrons. The molecule has 0 bridgehead atoms. The van der Waals surface area contributed by atoms with E-state index in [-0.39, 0.29) is 22.6 Å². The van der Waals surface area contributed by atoms with Gasteiger partial charge in [0.25, 0.3) is 0 Å². The largest absolute Gasteiger partial charge is 0.326 e. The Hall–Kier alpha value is -2.36. The summed E-state index contributed by atoms with van der Waals surface area (Å²) in [6, 6.07) is 12.9. The van der Waals surface area contributed by atoms with Gasteiger partial charge in [-0.2, -0.15) is 8.75 Å². The lowest BCUT2D eigenvalue weighted by molar-refractivity contribution is -0.121. The molecule has 31 heavy (non-hydrogen) atoms. The SMILES string of the molecule is CCc1ccc(NC(=O)C2CCC(CNS(=O)(=O)c3cccc4nsnc34)CC2)cc1. The van der Waals surface area contributed by atoms with Crippen molar-refractivity contribution < 1.29 is 13.2 Å². The van der Waals surface area contributed by atoms with Gasteiger partial charge in [0.15, 0.2) is 0 Å². The summed E-state index contributed by atoms with van der Waals surface area (Å²) in [5, 5.41) is 3.01. The number of benzene rings is 2.